The average molecular weight is 277 g/mol. The second-order valence-corrected chi connectivity index (χ2v) is 4.94. The van der Waals surface area contributed by atoms with Gasteiger partial charge in [-0.15, -0.1) is 0 Å². The zero-order valence-electron chi connectivity index (χ0n) is 11.1. The largest absolute Gasteiger partial charge is 0.473 e. The molecule has 19 heavy (non-hydrogen) atoms. The van der Waals surface area contributed by atoms with Gasteiger partial charge < -0.3 is 10.1 Å². The van der Waals surface area contributed by atoms with E-state index in [-0.39, 0.29) is 6.10 Å². The second-order valence-electron chi connectivity index (χ2n) is 4.51. The highest BCUT2D eigenvalue weighted by molar-refractivity contribution is 6.30. The van der Waals surface area contributed by atoms with Crippen molar-refractivity contribution >= 4 is 17.3 Å². The van der Waals surface area contributed by atoms with Crippen LogP contribution in [0.25, 0.3) is 0 Å². The molecule has 100 valence electrons. The topological polar surface area (TPSA) is 34.1 Å². The van der Waals surface area contributed by atoms with Gasteiger partial charge in [-0.3, -0.25) is 0 Å². The summed E-state index contributed by atoms with van der Waals surface area (Å²) in [6, 6.07) is 11.6. The van der Waals surface area contributed by atoms with E-state index in [1.165, 1.54) is 0 Å². The van der Waals surface area contributed by atoms with Crippen LogP contribution in [0, 0.1) is 0 Å². The highest BCUT2D eigenvalue weighted by Crippen LogP contribution is 2.22. The van der Waals surface area contributed by atoms with E-state index in [1.54, 1.807) is 6.20 Å². The van der Waals surface area contributed by atoms with Gasteiger partial charge in [-0.1, -0.05) is 23.7 Å². The van der Waals surface area contributed by atoms with Crippen molar-refractivity contribution in [1.29, 1.82) is 0 Å². The molecular formula is C15H17ClN2O. The first kappa shape index (κ1) is 13.7. The fraction of sp³-hybridized carbons (Fsp3) is 0.267. The van der Waals surface area contributed by atoms with E-state index in [0.29, 0.717) is 12.4 Å². The molecule has 0 spiro atoms. The number of hydrogen-bond donors (Lipinski definition) is 1. The van der Waals surface area contributed by atoms with Crippen LogP contribution in [0.4, 0.5) is 5.69 Å². The minimum absolute atomic E-state index is 0.0987. The zero-order valence-corrected chi connectivity index (χ0v) is 11.8. The lowest BCUT2D eigenvalue weighted by Crippen LogP contribution is -2.10. The van der Waals surface area contributed by atoms with Crippen molar-refractivity contribution in [3.8, 4) is 5.88 Å². The third kappa shape index (κ3) is 4.14. The number of nitrogens with one attached hydrogen (secondary N) is 1. The van der Waals surface area contributed by atoms with Crippen molar-refractivity contribution < 1.29 is 4.74 Å². The number of ether oxygens (including phenoxy) is 1. The van der Waals surface area contributed by atoms with Crippen LogP contribution in [0.1, 0.15) is 19.4 Å². The molecule has 4 heteroatoms. The van der Waals surface area contributed by atoms with Gasteiger partial charge in [0.25, 0.3) is 0 Å². The molecule has 0 aliphatic carbocycles. The van der Waals surface area contributed by atoms with Crippen molar-refractivity contribution in [2.24, 2.45) is 0 Å². The number of anilines is 1. The van der Waals surface area contributed by atoms with Crippen LogP contribution < -0.4 is 10.1 Å². The maximum Gasteiger partial charge on any atom is 0.237 e. The molecule has 0 saturated carbocycles. The summed E-state index contributed by atoms with van der Waals surface area (Å²) in [5.41, 5.74) is 2.00. The van der Waals surface area contributed by atoms with E-state index in [1.807, 2.05) is 50.2 Å². The van der Waals surface area contributed by atoms with Crippen LogP contribution in [-0.4, -0.2) is 11.1 Å². The van der Waals surface area contributed by atoms with Gasteiger partial charge in [0.1, 0.15) is 0 Å². The van der Waals surface area contributed by atoms with Crippen LogP contribution in [0.2, 0.25) is 5.02 Å². The summed E-state index contributed by atoms with van der Waals surface area (Å²) in [7, 11) is 0. The van der Waals surface area contributed by atoms with Crippen molar-refractivity contribution in [3.63, 3.8) is 0 Å². The molecule has 0 radical (unpaired) electrons. The van der Waals surface area contributed by atoms with Gasteiger partial charge >= 0.3 is 0 Å². The fourth-order valence-electron chi connectivity index (χ4n) is 1.69. The summed E-state index contributed by atoms with van der Waals surface area (Å²) in [4.78, 5) is 4.24. The first-order valence-electron chi connectivity index (χ1n) is 6.25. The highest BCUT2D eigenvalue weighted by atomic mass is 35.5. The Kier molecular flexibility index (Phi) is 4.63. The molecule has 3 nitrogen and oxygen atoms in total. The minimum atomic E-state index is 0.0987. The summed E-state index contributed by atoms with van der Waals surface area (Å²) in [5, 5.41) is 4.06. The van der Waals surface area contributed by atoms with Gasteiger partial charge in [0.2, 0.25) is 5.88 Å². The third-order valence-electron chi connectivity index (χ3n) is 2.49. The maximum atomic E-state index is 5.96. The number of halogens is 1. The molecule has 0 fully saturated rings. The van der Waals surface area contributed by atoms with Gasteiger partial charge in [0.05, 0.1) is 11.8 Å². The van der Waals surface area contributed by atoms with Crippen LogP contribution in [0.15, 0.2) is 42.6 Å². The number of aromatic nitrogens is 1. The second kappa shape index (κ2) is 6.43. The summed E-state index contributed by atoms with van der Waals surface area (Å²) >= 11 is 5.96. The van der Waals surface area contributed by atoms with E-state index >= 15 is 0 Å². The Balaban J connectivity index is 2.07. The predicted molar refractivity (Wildman–Crippen MR) is 78.8 cm³/mol. The Labute approximate surface area is 118 Å². The summed E-state index contributed by atoms with van der Waals surface area (Å²) in [6.07, 6.45) is 1.82. The van der Waals surface area contributed by atoms with Crippen molar-refractivity contribution in [1.82, 2.24) is 4.98 Å². The van der Waals surface area contributed by atoms with Crippen molar-refractivity contribution in [2.45, 2.75) is 26.5 Å². The highest BCUT2D eigenvalue weighted by Gasteiger charge is 2.06. The number of hydrogen-bond acceptors (Lipinski definition) is 3. The molecule has 0 unspecified atom stereocenters. The van der Waals surface area contributed by atoms with Gasteiger partial charge in [-0.05, 0) is 43.7 Å². The van der Waals surface area contributed by atoms with Crippen LogP contribution in [0.5, 0.6) is 5.88 Å². The van der Waals surface area contributed by atoms with Crippen LogP contribution in [0.3, 0.4) is 0 Å². The van der Waals surface area contributed by atoms with Gasteiger partial charge in [0, 0.05) is 17.8 Å². The Bertz CT molecular complexity index is 543. The van der Waals surface area contributed by atoms with E-state index in [4.69, 9.17) is 16.3 Å². The number of nitrogens with zero attached hydrogens (tertiary/aromatic N) is 1. The minimum Gasteiger partial charge on any atom is -0.473 e. The standard InChI is InChI=1S/C15H17ClN2O/c1-11(2)19-15-14(7-4-8-17-15)18-10-12-5-3-6-13(16)9-12/h3-9,11,18H,10H2,1-2H3. The Hall–Kier alpha value is -1.74. The van der Waals surface area contributed by atoms with Gasteiger partial charge in [-0.25, -0.2) is 4.98 Å². The molecule has 0 saturated heterocycles. The Morgan fingerprint density at radius 1 is 1.26 bits per heavy atom. The molecular weight excluding hydrogens is 260 g/mol. The lowest BCUT2D eigenvalue weighted by molar-refractivity contribution is 0.234. The first-order chi connectivity index (χ1) is 9.15. The molecule has 0 atom stereocenters. The monoisotopic (exact) mass is 276 g/mol. The van der Waals surface area contributed by atoms with Gasteiger partial charge in [-0.2, -0.15) is 0 Å². The SMILES string of the molecule is CC(C)Oc1ncccc1NCc1cccc(Cl)c1. The Morgan fingerprint density at radius 2 is 2.11 bits per heavy atom. The molecule has 1 heterocycles. The first-order valence-corrected chi connectivity index (χ1v) is 6.63. The molecule has 0 aliphatic heterocycles. The molecule has 2 aromatic rings. The molecule has 0 amide bonds. The smallest absolute Gasteiger partial charge is 0.237 e. The Morgan fingerprint density at radius 3 is 2.84 bits per heavy atom. The molecule has 1 N–H and O–H groups in total. The van der Waals surface area contributed by atoms with E-state index in [0.717, 1.165) is 16.3 Å². The molecule has 2 rings (SSSR count). The quantitative estimate of drug-likeness (QED) is 0.891. The molecule has 0 bridgehead atoms. The predicted octanol–water partition coefficient (Wildman–Crippen LogP) is 4.13. The number of pyridine rings is 1. The third-order valence-corrected chi connectivity index (χ3v) is 2.73. The van der Waals surface area contributed by atoms with Crippen LogP contribution >= 0.6 is 11.6 Å². The number of benzene rings is 1. The van der Waals surface area contributed by atoms with Crippen molar-refractivity contribution in [3.05, 3.63) is 53.2 Å². The maximum absolute atomic E-state index is 5.96. The summed E-state index contributed by atoms with van der Waals surface area (Å²) in [5.74, 6) is 0.625. The van der Waals surface area contributed by atoms with Crippen LogP contribution in [-0.2, 0) is 6.54 Å². The molecule has 1 aromatic heterocycles. The number of rotatable bonds is 5. The molecule has 1 aromatic carbocycles. The van der Waals surface area contributed by atoms with Gasteiger partial charge in [0.15, 0.2) is 0 Å². The summed E-state index contributed by atoms with van der Waals surface area (Å²) < 4.78 is 5.66. The van der Waals surface area contributed by atoms with Crippen molar-refractivity contribution in [2.75, 3.05) is 5.32 Å². The van der Waals surface area contributed by atoms with E-state index < -0.39 is 0 Å². The zero-order chi connectivity index (χ0) is 13.7. The summed E-state index contributed by atoms with van der Waals surface area (Å²) in [6.45, 7) is 4.64. The van der Waals surface area contributed by atoms with E-state index in [9.17, 15) is 0 Å². The molecule has 0 aliphatic rings. The normalized spacial score (nSPS) is 10.5. The van der Waals surface area contributed by atoms with E-state index in [2.05, 4.69) is 10.3 Å². The lowest BCUT2D eigenvalue weighted by Gasteiger charge is -2.14. The average Bonchev–Trinajstić information content (AvgIpc) is 2.37. The lowest BCUT2D eigenvalue weighted by atomic mass is 10.2. The fourth-order valence-corrected chi connectivity index (χ4v) is 1.90.